The van der Waals surface area contributed by atoms with Crippen LogP contribution in [0.15, 0.2) is 0 Å². The van der Waals surface area contributed by atoms with E-state index in [1.165, 1.54) is 26.2 Å². The number of hydrogen-bond donors (Lipinski definition) is 1. The Labute approximate surface area is 142 Å². The summed E-state index contributed by atoms with van der Waals surface area (Å²) in [4.78, 5) is 25.7. The fourth-order valence-electron chi connectivity index (χ4n) is 3.81. The van der Waals surface area contributed by atoms with Gasteiger partial charge < -0.3 is 10.2 Å². The maximum Gasteiger partial charge on any atom is 0.244 e. The summed E-state index contributed by atoms with van der Waals surface area (Å²) >= 11 is 0. The highest BCUT2D eigenvalue weighted by molar-refractivity contribution is 5.76. The summed E-state index contributed by atoms with van der Waals surface area (Å²) in [6.45, 7) is 3.00. The Morgan fingerprint density at radius 3 is 2.71 bits per heavy atom. The summed E-state index contributed by atoms with van der Waals surface area (Å²) < 4.78 is 1.67. The van der Waals surface area contributed by atoms with Crippen molar-refractivity contribution in [2.45, 2.75) is 70.4 Å². The lowest BCUT2D eigenvalue weighted by Gasteiger charge is -2.33. The zero-order valence-corrected chi connectivity index (χ0v) is 14.3. The van der Waals surface area contributed by atoms with Gasteiger partial charge in [0.2, 0.25) is 11.8 Å². The molecule has 0 radical (unpaired) electrons. The zero-order chi connectivity index (χ0) is 16.9. The minimum atomic E-state index is -0.0469. The van der Waals surface area contributed by atoms with Crippen LogP contribution in [-0.2, 0) is 16.1 Å². The lowest BCUT2D eigenvalue weighted by molar-refractivity contribution is -0.134. The van der Waals surface area contributed by atoms with Gasteiger partial charge in [-0.05, 0) is 36.1 Å². The van der Waals surface area contributed by atoms with E-state index in [0.29, 0.717) is 12.5 Å². The maximum atomic E-state index is 12.6. The third kappa shape index (κ3) is 4.10. The first-order chi connectivity index (χ1) is 11.6. The molecule has 1 aromatic heterocycles. The van der Waals surface area contributed by atoms with Crippen LogP contribution in [0.4, 0.5) is 0 Å². The normalized spacial score (nSPS) is 22.4. The van der Waals surface area contributed by atoms with E-state index in [9.17, 15) is 9.59 Å². The number of aromatic nitrogens is 4. The number of likely N-dealkylation sites (tertiary alicyclic amines) is 1. The first-order valence-corrected chi connectivity index (χ1v) is 8.94. The van der Waals surface area contributed by atoms with Crippen LogP contribution in [0.3, 0.4) is 0 Å². The number of piperidine rings is 1. The molecule has 1 aliphatic carbocycles. The third-order valence-corrected chi connectivity index (χ3v) is 5.00. The van der Waals surface area contributed by atoms with Gasteiger partial charge in [-0.25, -0.2) is 4.68 Å². The first kappa shape index (κ1) is 16.9. The topological polar surface area (TPSA) is 93.0 Å². The number of amides is 2. The molecule has 3 rings (SSSR count). The third-order valence-electron chi connectivity index (χ3n) is 5.00. The SMILES string of the molecule is CC(=O)N[C@H]1CCCN(C(=O)Cn2nnnc2C2CCCCC2)C1. The molecule has 0 unspecified atom stereocenters. The Morgan fingerprint density at radius 1 is 1.17 bits per heavy atom. The van der Waals surface area contributed by atoms with E-state index in [1.54, 1.807) is 4.68 Å². The second-order valence-electron chi connectivity index (χ2n) is 6.91. The average Bonchev–Trinajstić information content (AvgIpc) is 3.03. The van der Waals surface area contributed by atoms with Gasteiger partial charge in [0.05, 0.1) is 0 Å². The minimum Gasteiger partial charge on any atom is -0.352 e. The number of hydrogen-bond acceptors (Lipinski definition) is 5. The largest absolute Gasteiger partial charge is 0.352 e. The number of tetrazole rings is 1. The van der Waals surface area contributed by atoms with Gasteiger partial charge in [0.1, 0.15) is 6.54 Å². The van der Waals surface area contributed by atoms with E-state index in [4.69, 9.17) is 0 Å². The number of carbonyl (C=O) groups is 2. The van der Waals surface area contributed by atoms with E-state index in [1.807, 2.05) is 4.90 Å². The molecular weight excluding hydrogens is 308 g/mol. The van der Waals surface area contributed by atoms with Gasteiger partial charge in [-0.2, -0.15) is 0 Å². The smallest absolute Gasteiger partial charge is 0.244 e. The molecule has 2 aliphatic rings. The number of nitrogens with zero attached hydrogens (tertiary/aromatic N) is 5. The Morgan fingerprint density at radius 2 is 1.96 bits per heavy atom. The van der Waals surface area contributed by atoms with Crippen molar-refractivity contribution in [3.63, 3.8) is 0 Å². The van der Waals surface area contributed by atoms with Crippen LogP contribution in [0.5, 0.6) is 0 Å². The molecule has 0 spiro atoms. The van der Waals surface area contributed by atoms with Crippen LogP contribution in [0, 0.1) is 0 Å². The molecule has 1 saturated heterocycles. The predicted octanol–water partition coefficient (Wildman–Crippen LogP) is 0.848. The lowest BCUT2D eigenvalue weighted by Crippen LogP contribution is -2.50. The Kier molecular flexibility index (Phi) is 5.42. The standard InChI is InChI=1S/C16H26N6O2/c1-12(23)17-14-8-5-9-21(10-14)15(24)11-22-16(18-19-20-22)13-6-3-2-4-7-13/h13-14H,2-11H2,1H3,(H,17,23)/t14-/m0/s1. The van der Waals surface area contributed by atoms with Crippen molar-refractivity contribution in [2.75, 3.05) is 13.1 Å². The van der Waals surface area contributed by atoms with E-state index >= 15 is 0 Å². The quantitative estimate of drug-likeness (QED) is 0.881. The first-order valence-electron chi connectivity index (χ1n) is 8.94. The van der Waals surface area contributed by atoms with Gasteiger partial charge in [-0.3, -0.25) is 9.59 Å². The molecule has 132 valence electrons. The Hall–Kier alpha value is -1.99. The van der Waals surface area contributed by atoms with Gasteiger partial charge in [0.15, 0.2) is 5.82 Å². The van der Waals surface area contributed by atoms with Crippen molar-refractivity contribution in [2.24, 2.45) is 0 Å². The molecule has 8 heteroatoms. The van der Waals surface area contributed by atoms with E-state index in [0.717, 1.165) is 38.1 Å². The summed E-state index contributed by atoms with van der Waals surface area (Å²) in [6.07, 6.45) is 7.70. The summed E-state index contributed by atoms with van der Waals surface area (Å²) in [5.74, 6) is 1.19. The zero-order valence-electron chi connectivity index (χ0n) is 14.3. The van der Waals surface area contributed by atoms with Crippen LogP contribution < -0.4 is 5.32 Å². The molecule has 2 heterocycles. The van der Waals surface area contributed by atoms with Crippen LogP contribution in [0.25, 0.3) is 0 Å². The van der Waals surface area contributed by atoms with Crippen molar-refractivity contribution in [1.29, 1.82) is 0 Å². The highest BCUT2D eigenvalue weighted by Gasteiger charge is 2.27. The molecule has 1 atom stereocenters. The maximum absolute atomic E-state index is 12.6. The van der Waals surface area contributed by atoms with Crippen molar-refractivity contribution >= 4 is 11.8 Å². The van der Waals surface area contributed by atoms with Gasteiger partial charge in [-0.1, -0.05) is 19.3 Å². The van der Waals surface area contributed by atoms with Crippen LogP contribution in [0.2, 0.25) is 0 Å². The number of nitrogens with one attached hydrogen (secondary N) is 1. The average molecular weight is 334 g/mol. The fourth-order valence-corrected chi connectivity index (χ4v) is 3.81. The van der Waals surface area contributed by atoms with Gasteiger partial charge in [0.25, 0.3) is 0 Å². The van der Waals surface area contributed by atoms with E-state index in [2.05, 4.69) is 20.8 Å². The van der Waals surface area contributed by atoms with Crippen LogP contribution in [-0.4, -0.2) is 56.1 Å². The molecule has 8 nitrogen and oxygen atoms in total. The number of rotatable bonds is 4. The number of carbonyl (C=O) groups excluding carboxylic acids is 2. The summed E-state index contributed by atoms with van der Waals surface area (Å²) in [6, 6.07) is 0.0480. The van der Waals surface area contributed by atoms with Crippen molar-refractivity contribution in [3.05, 3.63) is 5.82 Å². The van der Waals surface area contributed by atoms with Gasteiger partial charge in [-0.15, -0.1) is 5.10 Å². The predicted molar refractivity (Wildman–Crippen MR) is 87.1 cm³/mol. The Balaban J connectivity index is 1.60. The fraction of sp³-hybridized carbons (Fsp3) is 0.812. The summed E-state index contributed by atoms with van der Waals surface area (Å²) in [5.41, 5.74) is 0. The highest BCUT2D eigenvalue weighted by atomic mass is 16.2. The second kappa shape index (κ2) is 7.72. The molecule has 24 heavy (non-hydrogen) atoms. The van der Waals surface area contributed by atoms with Crippen LogP contribution >= 0.6 is 0 Å². The minimum absolute atomic E-state index is 0.0226. The molecule has 1 N–H and O–H groups in total. The molecular formula is C16H26N6O2. The molecule has 2 fully saturated rings. The summed E-state index contributed by atoms with van der Waals surface area (Å²) in [7, 11) is 0. The molecule has 1 saturated carbocycles. The molecule has 1 aromatic rings. The summed E-state index contributed by atoms with van der Waals surface area (Å²) in [5, 5.41) is 14.9. The molecule has 0 bridgehead atoms. The van der Waals surface area contributed by atoms with Crippen molar-refractivity contribution < 1.29 is 9.59 Å². The molecule has 1 aliphatic heterocycles. The Bertz CT molecular complexity index is 581. The van der Waals surface area contributed by atoms with Crippen molar-refractivity contribution in [3.8, 4) is 0 Å². The van der Waals surface area contributed by atoms with Gasteiger partial charge >= 0.3 is 0 Å². The monoisotopic (exact) mass is 334 g/mol. The second-order valence-corrected chi connectivity index (χ2v) is 6.91. The molecule has 2 amide bonds. The van der Waals surface area contributed by atoms with E-state index in [-0.39, 0.29) is 24.4 Å². The van der Waals surface area contributed by atoms with Crippen LogP contribution in [0.1, 0.15) is 63.6 Å². The molecule has 0 aromatic carbocycles. The lowest BCUT2D eigenvalue weighted by atomic mass is 9.89. The highest BCUT2D eigenvalue weighted by Crippen LogP contribution is 2.30. The van der Waals surface area contributed by atoms with Gasteiger partial charge in [0, 0.05) is 32.0 Å². The van der Waals surface area contributed by atoms with E-state index < -0.39 is 0 Å². The van der Waals surface area contributed by atoms with Crippen molar-refractivity contribution in [1.82, 2.24) is 30.4 Å².